The lowest BCUT2D eigenvalue weighted by Gasteiger charge is -2.07. The third-order valence-electron chi connectivity index (χ3n) is 2.44. The fourth-order valence-corrected chi connectivity index (χ4v) is 2.58. The standard InChI is InChI=1S/C11H22N4O2S/c1-2-4-12-5-3-10-18(16,17)14-7-9-15-8-6-13-11-15/h6,8,11-12,14H,2-5,7,9-10H2,1H3. The zero-order valence-corrected chi connectivity index (χ0v) is 11.6. The Morgan fingerprint density at radius 2 is 2.11 bits per heavy atom. The van der Waals surface area contributed by atoms with Gasteiger partial charge in [0.2, 0.25) is 10.0 Å². The van der Waals surface area contributed by atoms with Crippen LogP contribution in [0.25, 0.3) is 0 Å². The van der Waals surface area contributed by atoms with Crippen molar-refractivity contribution in [1.29, 1.82) is 0 Å². The smallest absolute Gasteiger partial charge is 0.211 e. The second-order valence-electron chi connectivity index (χ2n) is 4.12. The minimum atomic E-state index is -3.15. The SMILES string of the molecule is CCCNCCCS(=O)(=O)NCCn1ccnc1. The second kappa shape index (κ2) is 8.23. The van der Waals surface area contributed by atoms with E-state index in [1.165, 1.54) is 0 Å². The molecule has 0 bridgehead atoms. The molecule has 0 aliphatic heterocycles. The first-order valence-electron chi connectivity index (χ1n) is 6.28. The van der Waals surface area contributed by atoms with Crippen LogP contribution in [0.1, 0.15) is 19.8 Å². The van der Waals surface area contributed by atoms with Gasteiger partial charge < -0.3 is 9.88 Å². The summed E-state index contributed by atoms with van der Waals surface area (Å²) in [4.78, 5) is 3.89. The Kier molecular flexibility index (Phi) is 6.92. The number of nitrogens with one attached hydrogen (secondary N) is 2. The molecule has 7 heteroatoms. The Hall–Kier alpha value is -0.920. The second-order valence-corrected chi connectivity index (χ2v) is 6.04. The van der Waals surface area contributed by atoms with E-state index in [2.05, 4.69) is 21.9 Å². The van der Waals surface area contributed by atoms with E-state index in [9.17, 15) is 8.42 Å². The summed E-state index contributed by atoms with van der Waals surface area (Å²) in [5.41, 5.74) is 0. The van der Waals surface area contributed by atoms with E-state index in [-0.39, 0.29) is 5.75 Å². The highest BCUT2D eigenvalue weighted by Crippen LogP contribution is 1.90. The van der Waals surface area contributed by atoms with Crippen molar-refractivity contribution in [3.8, 4) is 0 Å². The lowest BCUT2D eigenvalue weighted by Crippen LogP contribution is -2.30. The largest absolute Gasteiger partial charge is 0.336 e. The summed E-state index contributed by atoms with van der Waals surface area (Å²) in [7, 11) is -3.15. The van der Waals surface area contributed by atoms with E-state index in [0.29, 0.717) is 19.5 Å². The average Bonchev–Trinajstić information content (AvgIpc) is 2.81. The van der Waals surface area contributed by atoms with E-state index in [1.54, 1.807) is 12.5 Å². The molecule has 0 saturated heterocycles. The Morgan fingerprint density at radius 3 is 2.78 bits per heavy atom. The number of sulfonamides is 1. The normalized spacial score (nSPS) is 11.8. The van der Waals surface area contributed by atoms with Gasteiger partial charge in [0.15, 0.2) is 0 Å². The first-order chi connectivity index (χ1) is 8.64. The summed E-state index contributed by atoms with van der Waals surface area (Å²) < 4.78 is 27.7. The summed E-state index contributed by atoms with van der Waals surface area (Å²) >= 11 is 0. The van der Waals surface area contributed by atoms with Crippen LogP contribution in [-0.2, 0) is 16.6 Å². The highest BCUT2D eigenvalue weighted by Gasteiger charge is 2.08. The van der Waals surface area contributed by atoms with Crippen LogP contribution in [0, 0.1) is 0 Å². The molecule has 1 rings (SSSR count). The maximum Gasteiger partial charge on any atom is 0.211 e. The van der Waals surface area contributed by atoms with Crippen LogP contribution in [0.5, 0.6) is 0 Å². The van der Waals surface area contributed by atoms with Gasteiger partial charge in [0.25, 0.3) is 0 Å². The van der Waals surface area contributed by atoms with Crippen molar-refractivity contribution in [3.63, 3.8) is 0 Å². The van der Waals surface area contributed by atoms with Crippen molar-refractivity contribution in [2.45, 2.75) is 26.3 Å². The molecule has 0 fully saturated rings. The van der Waals surface area contributed by atoms with Gasteiger partial charge in [0.1, 0.15) is 0 Å². The zero-order chi connectivity index (χ0) is 13.3. The van der Waals surface area contributed by atoms with E-state index < -0.39 is 10.0 Å². The molecule has 0 aromatic carbocycles. The van der Waals surface area contributed by atoms with Crippen molar-refractivity contribution < 1.29 is 8.42 Å². The number of imidazole rings is 1. The lowest BCUT2D eigenvalue weighted by atomic mass is 10.4. The Labute approximate surface area is 109 Å². The summed E-state index contributed by atoms with van der Waals surface area (Å²) in [5.74, 6) is 0.174. The molecular weight excluding hydrogens is 252 g/mol. The first kappa shape index (κ1) is 15.1. The van der Waals surface area contributed by atoms with Crippen LogP contribution >= 0.6 is 0 Å². The summed E-state index contributed by atoms with van der Waals surface area (Å²) in [6.45, 7) is 4.78. The van der Waals surface area contributed by atoms with Crippen LogP contribution < -0.4 is 10.0 Å². The molecule has 104 valence electrons. The van der Waals surface area contributed by atoms with Crippen LogP contribution in [0.15, 0.2) is 18.7 Å². The highest BCUT2D eigenvalue weighted by atomic mass is 32.2. The average molecular weight is 274 g/mol. The highest BCUT2D eigenvalue weighted by molar-refractivity contribution is 7.89. The van der Waals surface area contributed by atoms with Crippen molar-refractivity contribution >= 4 is 10.0 Å². The molecule has 2 N–H and O–H groups in total. The number of aromatic nitrogens is 2. The quantitative estimate of drug-likeness (QED) is 0.597. The third kappa shape index (κ3) is 6.73. The molecule has 0 unspecified atom stereocenters. The Morgan fingerprint density at radius 1 is 1.28 bits per heavy atom. The monoisotopic (exact) mass is 274 g/mol. The summed E-state index contributed by atoms with van der Waals surface area (Å²) in [6, 6.07) is 0. The lowest BCUT2D eigenvalue weighted by molar-refractivity contribution is 0.566. The molecular formula is C11H22N4O2S. The van der Waals surface area contributed by atoms with Crippen molar-refractivity contribution in [2.24, 2.45) is 0 Å². The topological polar surface area (TPSA) is 76.0 Å². The van der Waals surface area contributed by atoms with Gasteiger partial charge in [0.05, 0.1) is 12.1 Å². The molecule has 0 amide bonds. The van der Waals surface area contributed by atoms with Crippen molar-refractivity contribution in [2.75, 3.05) is 25.4 Å². The molecule has 18 heavy (non-hydrogen) atoms. The Balaban J connectivity index is 2.11. The van der Waals surface area contributed by atoms with Gasteiger partial charge in [-0.2, -0.15) is 0 Å². The van der Waals surface area contributed by atoms with Gasteiger partial charge in [-0.3, -0.25) is 0 Å². The van der Waals surface area contributed by atoms with E-state index in [0.717, 1.165) is 19.5 Å². The predicted octanol–water partition coefficient (Wildman–Crippen LogP) is 0.192. The third-order valence-corrected chi connectivity index (χ3v) is 3.91. The van der Waals surface area contributed by atoms with Gasteiger partial charge >= 0.3 is 0 Å². The minimum Gasteiger partial charge on any atom is -0.336 e. The van der Waals surface area contributed by atoms with Crippen molar-refractivity contribution in [3.05, 3.63) is 18.7 Å². The van der Waals surface area contributed by atoms with Gasteiger partial charge in [-0.1, -0.05) is 6.92 Å². The Bertz CT molecular complexity index is 403. The molecule has 0 aliphatic carbocycles. The van der Waals surface area contributed by atoms with Crippen LogP contribution in [-0.4, -0.2) is 43.4 Å². The molecule has 0 radical (unpaired) electrons. The molecule has 1 heterocycles. The van der Waals surface area contributed by atoms with Crippen LogP contribution in [0.4, 0.5) is 0 Å². The van der Waals surface area contributed by atoms with Crippen molar-refractivity contribution in [1.82, 2.24) is 19.6 Å². The number of hydrogen-bond acceptors (Lipinski definition) is 4. The maximum absolute atomic E-state index is 11.6. The molecule has 1 aromatic heterocycles. The molecule has 1 aromatic rings. The zero-order valence-electron chi connectivity index (χ0n) is 10.8. The number of nitrogens with zero attached hydrogens (tertiary/aromatic N) is 2. The molecule has 6 nitrogen and oxygen atoms in total. The number of hydrogen-bond donors (Lipinski definition) is 2. The summed E-state index contributed by atoms with van der Waals surface area (Å²) in [6.07, 6.45) is 6.86. The first-order valence-corrected chi connectivity index (χ1v) is 7.93. The van der Waals surface area contributed by atoms with Crippen LogP contribution in [0.2, 0.25) is 0 Å². The predicted molar refractivity (Wildman–Crippen MR) is 71.8 cm³/mol. The van der Waals surface area contributed by atoms with Gasteiger partial charge in [-0.15, -0.1) is 0 Å². The minimum absolute atomic E-state index is 0.174. The fourth-order valence-electron chi connectivity index (χ4n) is 1.51. The molecule has 0 saturated carbocycles. The molecule has 0 spiro atoms. The van der Waals surface area contributed by atoms with E-state index in [4.69, 9.17) is 0 Å². The fraction of sp³-hybridized carbons (Fsp3) is 0.727. The maximum atomic E-state index is 11.6. The van der Waals surface area contributed by atoms with E-state index in [1.807, 2.05) is 10.8 Å². The van der Waals surface area contributed by atoms with Gasteiger partial charge in [-0.25, -0.2) is 18.1 Å². The van der Waals surface area contributed by atoms with Gasteiger partial charge in [-0.05, 0) is 25.9 Å². The van der Waals surface area contributed by atoms with Gasteiger partial charge in [0, 0.05) is 25.5 Å². The van der Waals surface area contributed by atoms with E-state index >= 15 is 0 Å². The molecule has 0 aliphatic rings. The van der Waals surface area contributed by atoms with Crippen LogP contribution in [0.3, 0.4) is 0 Å². The summed E-state index contributed by atoms with van der Waals surface area (Å²) in [5, 5.41) is 3.18. The number of rotatable bonds is 10. The molecule has 0 atom stereocenters.